The van der Waals surface area contributed by atoms with Gasteiger partial charge in [0.2, 0.25) is 0 Å². The van der Waals surface area contributed by atoms with E-state index in [9.17, 15) is 4.39 Å². The van der Waals surface area contributed by atoms with E-state index in [0.29, 0.717) is 5.92 Å². The van der Waals surface area contributed by atoms with Crippen LogP contribution in [-0.4, -0.2) is 84.4 Å². The molecule has 2 fully saturated rings. The van der Waals surface area contributed by atoms with E-state index in [1.165, 1.54) is 17.7 Å². The summed E-state index contributed by atoms with van der Waals surface area (Å²) in [6.07, 6.45) is 5.26. The quantitative estimate of drug-likeness (QED) is 0.338. The molecule has 0 saturated carbocycles. The molecule has 2 saturated heterocycles. The third-order valence-electron chi connectivity index (χ3n) is 6.26. The number of halogens is 2. The molecule has 1 unspecified atom stereocenters. The fraction of sp³-hybridized carbons (Fsp3) is 0.565. The zero-order valence-electron chi connectivity index (χ0n) is 19.1. The summed E-state index contributed by atoms with van der Waals surface area (Å²) in [4.78, 5) is 12.1. The minimum Gasteiger partial charge on any atom is -0.369 e. The summed E-state index contributed by atoms with van der Waals surface area (Å²) in [6.45, 7) is 10.7. The van der Waals surface area contributed by atoms with Gasteiger partial charge in [-0.25, -0.2) is 4.39 Å². The molecule has 9 heteroatoms. The predicted octanol–water partition coefficient (Wildman–Crippen LogP) is 2.75. The highest BCUT2D eigenvalue weighted by Crippen LogP contribution is 2.26. The monoisotopic (exact) mass is 555 g/mol. The Bertz CT molecular complexity index is 861. The third-order valence-corrected chi connectivity index (χ3v) is 6.26. The fourth-order valence-electron chi connectivity index (χ4n) is 4.48. The Morgan fingerprint density at radius 3 is 2.56 bits per heavy atom. The minimum atomic E-state index is -0.179. The predicted molar refractivity (Wildman–Crippen MR) is 139 cm³/mol. The lowest BCUT2D eigenvalue weighted by molar-refractivity contribution is 0.264. The van der Waals surface area contributed by atoms with Crippen LogP contribution in [0.15, 0.2) is 41.7 Å². The van der Waals surface area contributed by atoms with E-state index in [2.05, 4.69) is 38.2 Å². The average Bonchev–Trinajstić information content (AvgIpc) is 3.43. The van der Waals surface area contributed by atoms with Crippen molar-refractivity contribution in [2.45, 2.75) is 19.3 Å². The van der Waals surface area contributed by atoms with Crippen molar-refractivity contribution in [3.8, 4) is 0 Å². The lowest BCUT2D eigenvalue weighted by Gasteiger charge is -2.36. The molecule has 0 spiro atoms. The Morgan fingerprint density at radius 2 is 1.91 bits per heavy atom. The van der Waals surface area contributed by atoms with Crippen LogP contribution in [0.1, 0.15) is 24.8 Å². The second-order valence-corrected chi connectivity index (χ2v) is 8.42. The molecule has 2 aliphatic rings. The summed E-state index contributed by atoms with van der Waals surface area (Å²) in [6, 6.07) is 6.81. The maximum absolute atomic E-state index is 13.1. The smallest absolute Gasteiger partial charge is 0.193 e. The van der Waals surface area contributed by atoms with Gasteiger partial charge in [0, 0.05) is 77.2 Å². The first-order chi connectivity index (χ1) is 15.1. The van der Waals surface area contributed by atoms with Gasteiger partial charge in [0.05, 0.1) is 12.7 Å². The van der Waals surface area contributed by atoms with Crippen LogP contribution in [0.3, 0.4) is 0 Å². The van der Waals surface area contributed by atoms with E-state index in [4.69, 9.17) is 4.99 Å². The van der Waals surface area contributed by atoms with E-state index in [0.717, 1.165) is 77.0 Å². The number of aliphatic imine (C=N–C) groups is 1. The Morgan fingerprint density at radius 1 is 1.16 bits per heavy atom. The third kappa shape index (κ3) is 6.34. The standard InChI is InChI=1S/C23H34FN7.HI/c1-3-25-23(31-10-8-19(18-31)20-16-27-28(2)17-20)26-9-11-29-12-14-30(15-13-29)22-6-4-21(24)5-7-22;/h4-7,16-17,19H,3,8-15,18H2,1-2H3,(H,25,26);1H. The molecule has 1 N–H and O–H groups in total. The largest absolute Gasteiger partial charge is 0.369 e. The summed E-state index contributed by atoms with van der Waals surface area (Å²) in [5.41, 5.74) is 2.42. The van der Waals surface area contributed by atoms with Crippen molar-refractivity contribution in [3.63, 3.8) is 0 Å². The first-order valence-corrected chi connectivity index (χ1v) is 11.4. The van der Waals surface area contributed by atoms with Crippen LogP contribution in [0.4, 0.5) is 10.1 Å². The van der Waals surface area contributed by atoms with Gasteiger partial charge in [-0.15, -0.1) is 24.0 Å². The second-order valence-electron chi connectivity index (χ2n) is 8.42. The molecule has 2 aliphatic heterocycles. The number of hydrogen-bond acceptors (Lipinski definition) is 4. The van der Waals surface area contributed by atoms with Crippen molar-refractivity contribution in [2.75, 3.05) is 63.8 Å². The molecule has 2 aromatic rings. The summed E-state index contributed by atoms with van der Waals surface area (Å²) >= 11 is 0. The van der Waals surface area contributed by atoms with E-state index in [-0.39, 0.29) is 29.8 Å². The molecule has 32 heavy (non-hydrogen) atoms. The lowest BCUT2D eigenvalue weighted by Crippen LogP contribution is -2.47. The summed E-state index contributed by atoms with van der Waals surface area (Å²) < 4.78 is 15.0. The van der Waals surface area contributed by atoms with Gasteiger partial charge in [0.25, 0.3) is 0 Å². The highest BCUT2D eigenvalue weighted by Gasteiger charge is 2.27. The van der Waals surface area contributed by atoms with Crippen LogP contribution >= 0.6 is 24.0 Å². The van der Waals surface area contributed by atoms with Gasteiger partial charge < -0.3 is 15.1 Å². The fourth-order valence-corrected chi connectivity index (χ4v) is 4.48. The number of rotatable bonds is 6. The van der Waals surface area contributed by atoms with Crippen LogP contribution < -0.4 is 10.2 Å². The second kappa shape index (κ2) is 11.8. The van der Waals surface area contributed by atoms with Crippen LogP contribution in [0.5, 0.6) is 0 Å². The Kier molecular flexibility index (Phi) is 9.15. The first-order valence-electron chi connectivity index (χ1n) is 11.4. The number of piperazine rings is 1. The van der Waals surface area contributed by atoms with Gasteiger partial charge in [-0.1, -0.05) is 0 Å². The van der Waals surface area contributed by atoms with E-state index >= 15 is 0 Å². The van der Waals surface area contributed by atoms with Crippen LogP contribution in [-0.2, 0) is 7.05 Å². The Hall–Kier alpha value is -1.88. The molecule has 1 aromatic carbocycles. The van der Waals surface area contributed by atoms with Gasteiger partial charge in [0.15, 0.2) is 5.96 Å². The molecule has 7 nitrogen and oxygen atoms in total. The molecule has 0 bridgehead atoms. The Balaban J connectivity index is 0.00000289. The van der Waals surface area contributed by atoms with Crippen molar-refractivity contribution >= 4 is 35.6 Å². The average molecular weight is 555 g/mol. The highest BCUT2D eigenvalue weighted by molar-refractivity contribution is 14.0. The summed E-state index contributed by atoms with van der Waals surface area (Å²) in [5.74, 6) is 1.37. The number of benzene rings is 1. The van der Waals surface area contributed by atoms with Crippen molar-refractivity contribution in [1.29, 1.82) is 0 Å². The van der Waals surface area contributed by atoms with Crippen LogP contribution in [0.25, 0.3) is 0 Å². The number of hydrogen-bond donors (Lipinski definition) is 1. The van der Waals surface area contributed by atoms with Gasteiger partial charge in [-0.3, -0.25) is 14.6 Å². The molecule has 3 heterocycles. The molecule has 1 atom stereocenters. The molecule has 0 amide bonds. The normalized spacial score (nSPS) is 19.8. The SMILES string of the molecule is CCNC(=NCCN1CCN(c2ccc(F)cc2)CC1)N1CCC(c2cnn(C)c2)C1.I. The Labute approximate surface area is 207 Å². The number of aryl methyl sites for hydroxylation is 1. The lowest BCUT2D eigenvalue weighted by atomic mass is 10.0. The molecule has 176 valence electrons. The minimum absolute atomic E-state index is 0. The van der Waals surface area contributed by atoms with Crippen molar-refractivity contribution in [1.82, 2.24) is 24.9 Å². The van der Waals surface area contributed by atoms with Crippen molar-refractivity contribution in [2.24, 2.45) is 12.0 Å². The summed E-state index contributed by atoms with van der Waals surface area (Å²) in [5, 5.41) is 7.79. The molecule has 1 aromatic heterocycles. The number of anilines is 1. The zero-order valence-corrected chi connectivity index (χ0v) is 21.4. The molecular weight excluding hydrogens is 520 g/mol. The van der Waals surface area contributed by atoms with Gasteiger partial charge >= 0.3 is 0 Å². The zero-order chi connectivity index (χ0) is 21.6. The number of likely N-dealkylation sites (tertiary alicyclic amines) is 1. The van der Waals surface area contributed by atoms with Crippen LogP contribution in [0.2, 0.25) is 0 Å². The number of aromatic nitrogens is 2. The highest BCUT2D eigenvalue weighted by atomic mass is 127. The van der Waals surface area contributed by atoms with Crippen molar-refractivity contribution in [3.05, 3.63) is 48.0 Å². The van der Waals surface area contributed by atoms with Crippen LogP contribution in [0, 0.1) is 5.82 Å². The first kappa shape index (κ1) is 24.8. The summed E-state index contributed by atoms with van der Waals surface area (Å²) in [7, 11) is 1.97. The van der Waals surface area contributed by atoms with Gasteiger partial charge in [-0.2, -0.15) is 5.10 Å². The molecular formula is C23H35FIN7. The van der Waals surface area contributed by atoms with Crippen molar-refractivity contribution < 1.29 is 4.39 Å². The number of guanidine groups is 1. The van der Waals surface area contributed by atoms with Gasteiger partial charge in [-0.05, 0) is 43.2 Å². The van der Waals surface area contributed by atoms with E-state index in [1.807, 2.05) is 30.1 Å². The maximum Gasteiger partial charge on any atom is 0.193 e. The number of nitrogens with one attached hydrogen (secondary N) is 1. The maximum atomic E-state index is 13.1. The van der Waals surface area contributed by atoms with E-state index < -0.39 is 0 Å². The molecule has 4 rings (SSSR count). The molecule has 0 radical (unpaired) electrons. The number of nitrogens with zero attached hydrogens (tertiary/aromatic N) is 6. The topological polar surface area (TPSA) is 51.9 Å². The molecule has 0 aliphatic carbocycles. The van der Waals surface area contributed by atoms with Gasteiger partial charge in [0.1, 0.15) is 5.82 Å². The van der Waals surface area contributed by atoms with E-state index in [1.54, 1.807) is 0 Å².